The molecule has 1 aliphatic carbocycles. The Kier molecular flexibility index (Phi) is 4.11. The minimum Gasteiger partial charge on any atom is -0.485 e. The number of fused-ring (bicyclic) bond motifs is 1. The highest BCUT2D eigenvalue weighted by atomic mass is 16.6. The van der Waals surface area contributed by atoms with E-state index < -0.39 is 6.10 Å². The number of ether oxygens (including phenoxy) is 2. The lowest BCUT2D eigenvalue weighted by Gasteiger charge is -2.29. The number of hydrogen-bond donors (Lipinski definition) is 1. The van der Waals surface area contributed by atoms with Crippen LogP contribution in [0.3, 0.4) is 0 Å². The molecule has 0 radical (unpaired) electrons. The number of hydrazone groups is 1. The molecule has 0 bridgehead atoms. The number of carbonyl (C=O) groups is 1. The Hall–Kier alpha value is -2.30. The van der Waals surface area contributed by atoms with Crippen LogP contribution in [0, 0.1) is 5.41 Å². The van der Waals surface area contributed by atoms with Crippen molar-refractivity contribution < 1.29 is 14.3 Å². The molecule has 1 amide bonds. The number of para-hydroxylation sites is 2. The summed E-state index contributed by atoms with van der Waals surface area (Å²) in [4.78, 5) is 12.2. The fraction of sp³-hybridized carbons (Fsp3) is 0.444. The van der Waals surface area contributed by atoms with Gasteiger partial charge in [0.05, 0.1) is 5.71 Å². The molecule has 23 heavy (non-hydrogen) atoms. The molecule has 122 valence electrons. The highest BCUT2D eigenvalue weighted by molar-refractivity contribution is 5.97. The van der Waals surface area contributed by atoms with Crippen LogP contribution >= 0.6 is 0 Å². The number of benzene rings is 1. The average molecular weight is 314 g/mol. The van der Waals surface area contributed by atoms with Crippen molar-refractivity contribution in [2.45, 2.75) is 39.7 Å². The molecule has 5 heteroatoms. The molecular weight excluding hydrogens is 292 g/mol. The summed E-state index contributed by atoms with van der Waals surface area (Å²) in [5.41, 5.74) is 4.95. The molecular formula is C18H22N2O3. The van der Waals surface area contributed by atoms with Gasteiger partial charge >= 0.3 is 0 Å². The van der Waals surface area contributed by atoms with Gasteiger partial charge in [-0.05, 0) is 43.4 Å². The standard InChI is InChI=1S/C18H22N2O3/c1-12-8-13(10-18(2,3)9-12)19-20-17(21)16-11-22-14-6-4-5-7-15(14)23-16/h4-8,16H,9-11H2,1-3H3,(H,20,21)/b19-13-/t16-/m0/s1. The van der Waals surface area contributed by atoms with Crippen LogP contribution in [0.5, 0.6) is 11.5 Å². The van der Waals surface area contributed by atoms with Crippen LogP contribution in [0.4, 0.5) is 0 Å². The van der Waals surface area contributed by atoms with Crippen LogP contribution in [0.15, 0.2) is 41.0 Å². The minimum absolute atomic E-state index is 0.172. The first-order valence-electron chi connectivity index (χ1n) is 7.85. The van der Waals surface area contributed by atoms with Gasteiger partial charge in [0.1, 0.15) is 6.61 Å². The van der Waals surface area contributed by atoms with Gasteiger partial charge in [-0.1, -0.05) is 31.6 Å². The van der Waals surface area contributed by atoms with Crippen molar-refractivity contribution in [2.75, 3.05) is 6.61 Å². The maximum absolute atomic E-state index is 12.2. The average Bonchev–Trinajstić information content (AvgIpc) is 2.50. The molecule has 0 saturated heterocycles. The monoisotopic (exact) mass is 314 g/mol. The second-order valence-electron chi connectivity index (χ2n) is 6.95. The number of rotatable bonds is 2. The van der Waals surface area contributed by atoms with Crippen LogP contribution in [-0.2, 0) is 4.79 Å². The molecule has 1 aromatic rings. The maximum atomic E-state index is 12.2. The van der Waals surface area contributed by atoms with E-state index in [2.05, 4.69) is 31.3 Å². The zero-order chi connectivity index (χ0) is 16.4. The van der Waals surface area contributed by atoms with Crippen LogP contribution in [0.1, 0.15) is 33.6 Å². The normalized spacial score (nSPS) is 24.0. The number of hydrogen-bond acceptors (Lipinski definition) is 4. The number of carbonyl (C=O) groups excluding carboxylic acids is 1. The summed E-state index contributed by atoms with van der Waals surface area (Å²) < 4.78 is 11.2. The molecule has 0 fully saturated rings. The van der Waals surface area contributed by atoms with Gasteiger partial charge in [0.2, 0.25) is 6.10 Å². The summed E-state index contributed by atoms with van der Waals surface area (Å²) in [7, 11) is 0. The molecule has 1 heterocycles. The van der Waals surface area contributed by atoms with Crippen molar-refractivity contribution in [2.24, 2.45) is 10.5 Å². The molecule has 1 aromatic carbocycles. The molecule has 0 spiro atoms. The first kappa shape index (κ1) is 15.6. The van der Waals surface area contributed by atoms with Crippen molar-refractivity contribution in [3.8, 4) is 11.5 Å². The second kappa shape index (κ2) is 6.07. The largest absolute Gasteiger partial charge is 0.485 e. The van der Waals surface area contributed by atoms with Crippen molar-refractivity contribution in [3.63, 3.8) is 0 Å². The van der Waals surface area contributed by atoms with Gasteiger partial charge in [-0.3, -0.25) is 4.79 Å². The lowest BCUT2D eigenvalue weighted by Crippen LogP contribution is -2.42. The van der Waals surface area contributed by atoms with Gasteiger partial charge in [-0.25, -0.2) is 5.43 Å². The minimum atomic E-state index is -0.684. The Morgan fingerprint density at radius 1 is 1.26 bits per heavy atom. The molecule has 0 unspecified atom stereocenters. The highest BCUT2D eigenvalue weighted by Crippen LogP contribution is 2.34. The van der Waals surface area contributed by atoms with Crippen LogP contribution in [-0.4, -0.2) is 24.3 Å². The third-order valence-corrected chi connectivity index (χ3v) is 3.94. The summed E-state index contributed by atoms with van der Waals surface area (Å²) in [6, 6.07) is 7.33. The van der Waals surface area contributed by atoms with Gasteiger partial charge in [-0.15, -0.1) is 0 Å². The van der Waals surface area contributed by atoms with E-state index in [0.717, 1.165) is 18.6 Å². The first-order chi connectivity index (χ1) is 10.9. The molecule has 3 rings (SSSR count). The summed E-state index contributed by atoms with van der Waals surface area (Å²) in [5.74, 6) is 0.956. The van der Waals surface area contributed by atoms with Gasteiger partial charge in [0.25, 0.3) is 5.91 Å². The molecule has 1 N–H and O–H groups in total. The lowest BCUT2D eigenvalue weighted by molar-refractivity contribution is -0.130. The third kappa shape index (κ3) is 3.73. The van der Waals surface area contributed by atoms with Crippen LogP contribution in [0.2, 0.25) is 0 Å². The predicted molar refractivity (Wildman–Crippen MR) is 88.7 cm³/mol. The summed E-state index contributed by atoms with van der Waals surface area (Å²) >= 11 is 0. The topological polar surface area (TPSA) is 59.9 Å². The van der Waals surface area contributed by atoms with E-state index >= 15 is 0 Å². The molecule has 0 saturated carbocycles. The smallest absolute Gasteiger partial charge is 0.284 e. The Morgan fingerprint density at radius 3 is 2.74 bits per heavy atom. The Labute approximate surface area is 136 Å². The Balaban J connectivity index is 1.64. The van der Waals surface area contributed by atoms with Crippen molar-refractivity contribution in [1.82, 2.24) is 5.43 Å². The van der Waals surface area contributed by atoms with E-state index in [9.17, 15) is 4.79 Å². The number of allylic oxidation sites excluding steroid dienone is 2. The summed E-state index contributed by atoms with van der Waals surface area (Å²) in [6.07, 6.45) is 3.25. The zero-order valence-corrected chi connectivity index (χ0v) is 13.8. The zero-order valence-electron chi connectivity index (χ0n) is 13.8. The molecule has 2 aliphatic rings. The molecule has 1 atom stereocenters. The van der Waals surface area contributed by atoms with E-state index in [1.165, 1.54) is 5.57 Å². The van der Waals surface area contributed by atoms with E-state index in [0.29, 0.717) is 11.5 Å². The number of nitrogens with zero attached hydrogens (tertiary/aromatic N) is 1. The highest BCUT2D eigenvalue weighted by Gasteiger charge is 2.28. The first-order valence-corrected chi connectivity index (χ1v) is 7.85. The number of amides is 1. The fourth-order valence-electron chi connectivity index (χ4n) is 3.11. The van der Waals surface area contributed by atoms with Crippen molar-refractivity contribution in [3.05, 3.63) is 35.9 Å². The van der Waals surface area contributed by atoms with Gasteiger partial charge in [0, 0.05) is 0 Å². The molecule has 0 aromatic heterocycles. The van der Waals surface area contributed by atoms with Crippen molar-refractivity contribution >= 4 is 11.6 Å². The predicted octanol–water partition coefficient (Wildman–Crippen LogP) is 3.06. The molecule has 1 aliphatic heterocycles. The Morgan fingerprint density at radius 2 is 2.00 bits per heavy atom. The van der Waals surface area contributed by atoms with Crippen molar-refractivity contribution in [1.29, 1.82) is 0 Å². The molecule has 5 nitrogen and oxygen atoms in total. The van der Waals surface area contributed by atoms with Crippen LogP contribution < -0.4 is 14.9 Å². The van der Waals surface area contributed by atoms with Gasteiger partial charge in [0.15, 0.2) is 11.5 Å². The van der Waals surface area contributed by atoms with E-state index in [1.807, 2.05) is 24.3 Å². The second-order valence-corrected chi connectivity index (χ2v) is 6.95. The van der Waals surface area contributed by atoms with E-state index in [1.54, 1.807) is 6.07 Å². The third-order valence-electron chi connectivity index (χ3n) is 3.94. The van der Waals surface area contributed by atoms with E-state index in [4.69, 9.17) is 9.47 Å². The SMILES string of the molecule is CC1=C/C(=N/NC(=O)[C@@H]2COc3ccccc3O2)CC(C)(C)C1. The van der Waals surface area contributed by atoms with Gasteiger partial charge in [-0.2, -0.15) is 5.10 Å². The van der Waals surface area contributed by atoms with Gasteiger partial charge < -0.3 is 9.47 Å². The summed E-state index contributed by atoms with van der Waals surface area (Å²) in [6.45, 7) is 6.69. The lowest BCUT2D eigenvalue weighted by atomic mass is 9.77. The van der Waals surface area contributed by atoms with E-state index in [-0.39, 0.29) is 17.9 Å². The summed E-state index contributed by atoms with van der Waals surface area (Å²) in [5, 5.41) is 4.27. The maximum Gasteiger partial charge on any atom is 0.284 e. The fourth-order valence-corrected chi connectivity index (χ4v) is 3.11. The number of nitrogens with one attached hydrogen (secondary N) is 1. The Bertz CT molecular complexity index is 677. The quantitative estimate of drug-likeness (QED) is 0.854. The van der Waals surface area contributed by atoms with Crippen LogP contribution in [0.25, 0.3) is 0 Å².